The zero-order valence-electron chi connectivity index (χ0n) is 28.5. The van der Waals surface area contributed by atoms with Crippen LogP contribution in [0.1, 0.15) is 84.9 Å². The van der Waals surface area contributed by atoms with Gasteiger partial charge in [-0.15, -0.1) is 0 Å². The number of benzene rings is 3. The Labute approximate surface area is 294 Å². The first-order chi connectivity index (χ1) is 24.4. The molecule has 3 rings (SSSR count). The lowest BCUT2D eigenvalue weighted by Crippen LogP contribution is -2.10. The van der Waals surface area contributed by atoms with Gasteiger partial charge in [0, 0.05) is 18.6 Å². The topological polar surface area (TPSA) is 124 Å². The maximum Gasteiger partial charge on any atom is 0.343 e. The number of esters is 4. The second-order valence-electron chi connectivity index (χ2n) is 11.3. The first-order valence-electron chi connectivity index (χ1n) is 17.0. The van der Waals surface area contributed by atoms with Gasteiger partial charge in [0.25, 0.3) is 0 Å². The van der Waals surface area contributed by atoms with Gasteiger partial charge >= 0.3 is 23.9 Å². The first kappa shape index (κ1) is 39.1. The monoisotopic (exact) mass is 686 g/mol. The molecule has 0 atom stereocenters. The quantitative estimate of drug-likeness (QED) is 0.0394. The fourth-order valence-corrected chi connectivity index (χ4v) is 4.63. The molecular formula is C40H46O10. The molecule has 0 aliphatic heterocycles. The Balaban J connectivity index is 1.27. The SMILES string of the molecule is C=CC(=O)OCCCCCCCCCCCOc1ccc(C(=O)Oc2ccc(C(=O)Oc3ccc(OCCCOC(=O)C=C)cc3)cc2)cc1. The molecule has 0 spiro atoms. The lowest BCUT2D eigenvalue weighted by Gasteiger charge is -2.09. The van der Waals surface area contributed by atoms with Gasteiger partial charge in [-0.25, -0.2) is 19.2 Å². The standard InChI is InChI=1S/C40H46O10/c1-3-37(41)47-28-13-11-9-7-5-6-8-10-12-27-45-33-19-15-31(16-20-33)39(43)49-35-21-17-32(18-22-35)40(44)50-36-25-23-34(24-26-36)46-29-14-30-48-38(42)4-2/h3-4,15-26H,1-2,5-14,27-30H2. The molecule has 266 valence electrons. The van der Waals surface area contributed by atoms with Gasteiger partial charge in [0.15, 0.2) is 0 Å². The normalized spacial score (nSPS) is 10.4. The highest BCUT2D eigenvalue weighted by Crippen LogP contribution is 2.21. The van der Waals surface area contributed by atoms with Crippen LogP contribution < -0.4 is 18.9 Å². The molecule has 0 aromatic heterocycles. The van der Waals surface area contributed by atoms with E-state index in [9.17, 15) is 19.2 Å². The molecule has 50 heavy (non-hydrogen) atoms. The zero-order valence-corrected chi connectivity index (χ0v) is 28.5. The summed E-state index contributed by atoms with van der Waals surface area (Å²) in [5.41, 5.74) is 0.667. The maximum absolute atomic E-state index is 12.7. The Hall–Kier alpha value is -5.38. The predicted molar refractivity (Wildman–Crippen MR) is 189 cm³/mol. The Kier molecular flexibility index (Phi) is 18.0. The first-order valence-corrected chi connectivity index (χ1v) is 17.0. The highest BCUT2D eigenvalue weighted by molar-refractivity contribution is 5.92. The van der Waals surface area contributed by atoms with Gasteiger partial charge in [-0.3, -0.25) is 0 Å². The minimum absolute atomic E-state index is 0.229. The van der Waals surface area contributed by atoms with Crippen LogP contribution in [0, 0.1) is 0 Å². The number of hydrogen-bond donors (Lipinski definition) is 0. The van der Waals surface area contributed by atoms with Crippen LogP contribution in [0.4, 0.5) is 0 Å². The Morgan fingerprint density at radius 2 is 0.740 bits per heavy atom. The summed E-state index contributed by atoms with van der Waals surface area (Å²) in [4.78, 5) is 47.3. The molecular weight excluding hydrogens is 640 g/mol. The summed E-state index contributed by atoms with van der Waals surface area (Å²) in [7, 11) is 0. The van der Waals surface area contributed by atoms with Crippen LogP contribution in [0.5, 0.6) is 23.0 Å². The Bertz CT molecular complexity index is 1490. The number of ether oxygens (including phenoxy) is 6. The molecule has 0 heterocycles. The summed E-state index contributed by atoms with van der Waals surface area (Å²) in [5, 5.41) is 0. The molecule has 10 nitrogen and oxygen atoms in total. The average molecular weight is 687 g/mol. The van der Waals surface area contributed by atoms with E-state index >= 15 is 0 Å². The van der Waals surface area contributed by atoms with Gasteiger partial charge in [-0.2, -0.15) is 0 Å². The van der Waals surface area contributed by atoms with E-state index in [1.807, 2.05) is 0 Å². The Morgan fingerprint density at radius 3 is 1.18 bits per heavy atom. The number of hydrogen-bond acceptors (Lipinski definition) is 10. The summed E-state index contributed by atoms with van der Waals surface area (Å²) in [6.45, 7) is 8.37. The molecule has 10 heteroatoms. The highest BCUT2D eigenvalue weighted by Gasteiger charge is 2.12. The van der Waals surface area contributed by atoms with E-state index in [1.165, 1.54) is 49.6 Å². The molecule has 0 radical (unpaired) electrons. The van der Waals surface area contributed by atoms with Gasteiger partial charge < -0.3 is 28.4 Å². The van der Waals surface area contributed by atoms with E-state index in [4.69, 9.17) is 28.4 Å². The summed E-state index contributed by atoms with van der Waals surface area (Å²) < 4.78 is 32.2. The van der Waals surface area contributed by atoms with Gasteiger partial charge in [0.2, 0.25) is 0 Å². The van der Waals surface area contributed by atoms with Gasteiger partial charge in [0.1, 0.15) is 23.0 Å². The molecule has 0 aliphatic carbocycles. The lowest BCUT2D eigenvalue weighted by molar-refractivity contribution is -0.138. The average Bonchev–Trinajstić information content (AvgIpc) is 3.14. The van der Waals surface area contributed by atoms with E-state index < -0.39 is 17.9 Å². The van der Waals surface area contributed by atoms with Crippen molar-refractivity contribution in [2.24, 2.45) is 0 Å². The van der Waals surface area contributed by atoms with Crippen molar-refractivity contribution in [1.82, 2.24) is 0 Å². The van der Waals surface area contributed by atoms with Crippen molar-refractivity contribution in [1.29, 1.82) is 0 Å². The molecule has 3 aromatic carbocycles. The van der Waals surface area contributed by atoms with Crippen LogP contribution in [-0.2, 0) is 19.1 Å². The lowest BCUT2D eigenvalue weighted by atomic mass is 10.1. The van der Waals surface area contributed by atoms with Crippen LogP contribution in [0.25, 0.3) is 0 Å². The van der Waals surface area contributed by atoms with Crippen molar-refractivity contribution >= 4 is 23.9 Å². The van der Waals surface area contributed by atoms with E-state index in [-0.39, 0.29) is 18.1 Å². The third-order valence-electron chi connectivity index (χ3n) is 7.36. The minimum atomic E-state index is -0.565. The molecule has 0 saturated heterocycles. The van der Waals surface area contributed by atoms with Crippen molar-refractivity contribution in [3.8, 4) is 23.0 Å². The molecule has 0 unspecified atom stereocenters. The minimum Gasteiger partial charge on any atom is -0.494 e. The van der Waals surface area contributed by atoms with Crippen LogP contribution in [-0.4, -0.2) is 50.3 Å². The fourth-order valence-electron chi connectivity index (χ4n) is 4.63. The molecule has 3 aromatic rings. The second kappa shape index (κ2) is 23.1. The molecule has 0 aliphatic rings. The summed E-state index contributed by atoms with van der Waals surface area (Å²) in [5.74, 6) is -0.0224. The van der Waals surface area contributed by atoms with Gasteiger partial charge in [-0.1, -0.05) is 58.1 Å². The summed E-state index contributed by atoms with van der Waals surface area (Å²) in [6, 6.07) is 19.5. The van der Waals surface area contributed by atoms with E-state index in [0.717, 1.165) is 44.6 Å². The Morgan fingerprint density at radius 1 is 0.420 bits per heavy atom. The molecule has 0 amide bonds. The van der Waals surface area contributed by atoms with Crippen LogP contribution in [0.3, 0.4) is 0 Å². The van der Waals surface area contributed by atoms with Crippen LogP contribution in [0.2, 0.25) is 0 Å². The van der Waals surface area contributed by atoms with Crippen molar-refractivity contribution in [3.05, 3.63) is 109 Å². The van der Waals surface area contributed by atoms with E-state index in [1.54, 1.807) is 48.5 Å². The fraction of sp³-hybridized carbons (Fsp3) is 0.350. The largest absolute Gasteiger partial charge is 0.494 e. The summed E-state index contributed by atoms with van der Waals surface area (Å²) in [6.07, 6.45) is 12.7. The number of unbranched alkanes of at least 4 members (excludes halogenated alkanes) is 8. The summed E-state index contributed by atoms with van der Waals surface area (Å²) >= 11 is 0. The van der Waals surface area contributed by atoms with Crippen LogP contribution >= 0.6 is 0 Å². The van der Waals surface area contributed by atoms with Crippen LogP contribution in [0.15, 0.2) is 98.1 Å². The van der Waals surface area contributed by atoms with Crippen molar-refractivity contribution in [2.45, 2.75) is 64.2 Å². The van der Waals surface area contributed by atoms with Gasteiger partial charge in [0.05, 0.1) is 37.6 Å². The maximum atomic E-state index is 12.7. The van der Waals surface area contributed by atoms with Gasteiger partial charge in [-0.05, 0) is 85.6 Å². The van der Waals surface area contributed by atoms with E-state index in [0.29, 0.717) is 54.8 Å². The third-order valence-corrected chi connectivity index (χ3v) is 7.36. The molecule has 0 bridgehead atoms. The van der Waals surface area contributed by atoms with E-state index in [2.05, 4.69) is 13.2 Å². The smallest absolute Gasteiger partial charge is 0.343 e. The van der Waals surface area contributed by atoms with Crippen molar-refractivity contribution in [2.75, 3.05) is 26.4 Å². The predicted octanol–water partition coefficient (Wildman–Crippen LogP) is 8.24. The number of rotatable bonds is 24. The van der Waals surface area contributed by atoms with Crippen molar-refractivity contribution in [3.63, 3.8) is 0 Å². The third kappa shape index (κ3) is 15.7. The van der Waals surface area contributed by atoms with Crippen molar-refractivity contribution < 1.29 is 47.6 Å². The number of carbonyl (C=O) groups is 4. The molecule has 0 fully saturated rings. The highest BCUT2D eigenvalue weighted by atomic mass is 16.5. The molecule has 0 saturated carbocycles. The molecule has 0 N–H and O–H groups in total. The number of carbonyl (C=O) groups excluding carboxylic acids is 4. The second-order valence-corrected chi connectivity index (χ2v) is 11.3. The zero-order chi connectivity index (χ0) is 35.8.